The Morgan fingerprint density at radius 1 is 0.917 bits per heavy atom. The highest BCUT2D eigenvalue weighted by Gasteiger charge is 2.72. The maximum Gasteiger partial charge on any atom is 0.247 e. The van der Waals surface area contributed by atoms with E-state index in [0.29, 0.717) is 0 Å². The Kier molecular flexibility index (Phi) is 3.52. The van der Waals surface area contributed by atoms with Crippen molar-refractivity contribution in [3.8, 4) is 0 Å². The van der Waals surface area contributed by atoms with Crippen molar-refractivity contribution in [1.82, 2.24) is 0 Å². The molecule has 0 spiro atoms. The molecule has 1 saturated heterocycles. The standard InChI is InChI=1S/C21H22O3/c1-15(2)19(22)21-18(13-14-23-21)20(24-21,16-9-5-3-6-10-16)17-11-7-4-8-12-17/h3-15,18-19,22H,1-2H3/t18-,19-,21-/m1/s1. The summed E-state index contributed by atoms with van der Waals surface area (Å²) in [6, 6.07) is 20.4. The first-order valence-corrected chi connectivity index (χ1v) is 8.45. The van der Waals surface area contributed by atoms with Gasteiger partial charge in [-0.25, -0.2) is 0 Å². The van der Waals surface area contributed by atoms with E-state index in [1.165, 1.54) is 0 Å². The highest BCUT2D eigenvalue weighted by Crippen LogP contribution is 2.62. The minimum Gasteiger partial charge on any atom is -0.467 e. The number of hydrogen-bond acceptors (Lipinski definition) is 3. The molecule has 3 atom stereocenters. The third kappa shape index (κ3) is 1.92. The van der Waals surface area contributed by atoms with Crippen molar-refractivity contribution in [3.63, 3.8) is 0 Å². The monoisotopic (exact) mass is 322 g/mol. The molecule has 0 aromatic heterocycles. The number of ether oxygens (including phenoxy) is 2. The molecule has 2 heterocycles. The molecule has 0 amide bonds. The second kappa shape index (κ2) is 5.47. The summed E-state index contributed by atoms with van der Waals surface area (Å²) in [7, 11) is 0. The summed E-state index contributed by atoms with van der Waals surface area (Å²) in [5.41, 5.74) is 1.51. The van der Waals surface area contributed by atoms with E-state index < -0.39 is 17.5 Å². The second-order valence-corrected chi connectivity index (χ2v) is 6.90. The number of fused-ring (bicyclic) bond motifs is 1. The molecular formula is C21H22O3. The Morgan fingerprint density at radius 2 is 1.46 bits per heavy atom. The minimum absolute atomic E-state index is 0.0388. The predicted molar refractivity (Wildman–Crippen MR) is 92.0 cm³/mol. The lowest BCUT2D eigenvalue weighted by molar-refractivity contribution is -0.415. The number of aliphatic hydroxyl groups excluding tert-OH is 1. The first-order valence-electron chi connectivity index (χ1n) is 8.45. The summed E-state index contributed by atoms with van der Waals surface area (Å²) in [6.45, 7) is 3.96. The minimum atomic E-state index is -1.00. The average molecular weight is 322 g/mol. The fourth-order valence-electron chi connectivity index (χ4n) is 3.99. The Bertz CT molecular complexity index is 699. The molecule has 0 unspecified atom stereocenters. The van der Waals surface area contributed by atoms with Gasteiger partial charge in [0.25, 0.3) is 0 Å². The Balaban J connectivity index is 1.85. The van der Waals surface area contributed by atoms with Gasteiger partial charge in [0.2, 0.25) is 5.79 Å². The number of aliphatic hydroxyl groups is 1. The maximum absolute atomic E-state index is 10.7. The SMILES string of the molecule is CC(C)[C@@H](O)[C@@]12OC=C[C@@H]1C(c1ccccc1)(c1ccccc1)O2. The number of hydrogen-bond donors (Lipinski definition) is 1. The molecule has 3 nitrogen and oxygen atoms in total. The van der Waals surface area contributed by atoms with E-state index in [-0.39, 0.29) is 11.8 Å². The van der Waals surface area contributed by atoms with Crippen LogP contribution in [0, 0.1) is 11.8 Å². The second-order valence-electron chi connectivity index (χ2n) is 6.90. The van der Waals surface area contributed by atoms with Gasteiger partial charge in [0.05, 0.1) is 12.2 Å². The van der Waals surface area contributed by atoms with Crippen LogP contribution in [-0.4, -0.2) is 17.0 Å². The van der Waals surface area contributed by atoms with Gasteiger partial charge in [0, 0.05) is 0 Å². The van der Waals surface area contributed by atoms with Crippen molar-refractivity contribution < 1.29 is 14.6 Å². The van der Waals surface area contributed by atoms with E-state index in [0.717, 1.165) is 11.1 Å². The fourth-order valence-corrected chi connectivity index (χ4v) is 3.99. The van der Waals surface area contributed by atoms with Crippen molar-refractivity contribution in [1.29, 1.82) is 0 Å². The van der Waals surface area contributed by atoms with E-state index in [2.05, 4.69) is 24.3 Å². The van der Waals surface area contributed by atoms with E-state index in [1.54, 1.807) is 6.26 Å². The first kappa shape index (κ1) is 15.4. The van der Waals surface area contributed by atoms with Crippen molar-refractivity contribution in [2.75, 3.05) is 0 Å². The van der Waals surface area contributed by atoms with Crippen molar-refractivity contribution >= 4 is 0 Å². The van der Waals surface area contributed by atoms with Gasteiger partial charge in [-0.3, -0.25) is 0 Å². The molecule has 0 aliphatic carbocycles. The Morgan fingerprint density at radius 3 is 1.96 bits per heavy atom. The zero-order valence-electron chi connectivity index (χ0n) is 13.9. The summed E-state index contributed by atoms with van der Waals surface area (Å²) < 4.78 is 12.3. The van der Waals surface area contributed by atoms with Crippen LogP contribution in [0.25, 0.3) is 0 Å². The van der Waals surface area contributed by atoms with E-state index in [9.17, 15) is 5.11 Å². The van der Waals surface area contributed by atoms with Crippen LogP contribution in [0.1, 0.15) is 25.0 Å². The lowest BCUT2D eigenvalue weighted by Crippen LogP contribution is -2.71. The van der Waals surface area contributed by atoms with Crippen molar-refractivity contribution in [2.24, 2.45) is 11.8 Å². The van der Waals surface area contributed by atoms with Gasteiger partial charge in [0.15, 0.2) is 0 Å². The summed E-state index contributed by atoms with van der Waals surface area (Å²) in [4.78, 5) is 0. The van der Waals surface area contributed by atoms with Crippen LogP contribution >= 0.6 is 0 Å². The molecule has 2 aromatic carbocycles. The van der Waals surface area contributed by atoms with E-state index >= 15 is 0 Å². The van der Waals surface area contributed by atoms with Gasteiger partial charge in [-0.1, -0.05) is 74.5 Å². The van der Waals surface area contributed by atoms with Crippen LogP contribution in [0.2, 0.25) is 0 Å². The van der Waals surface area contributed by atoms with Crippen molar-refractivity contribution in [3.05, 3.63) is 84.1 Å². The van der Waals surface area contributed by atoms with Gasteiger partial charge in [-0.2, -0.15) is 0 Å². The van der Waals surface area contributed by atoms with Crippen LogP contribution in [0.5, 0.6) is 0 Å². The van der Waals surface area contributed by atoms with Gasteiger partial charge in [0.1, 0.15) is 11.7 Å². The first-order chi connectivity index (χ1) is 11.6. The van der Waals surface area contributed by atoms with Gasteiger partial charge in [-0.05, 0) is 23.1 Å². The summed E-state index contributed by atoms with van der Waals surface area (Å²) in [5, 5.41) is 10.7. The quantitative estimate of drug-likeness (QED) is 0.929. The lowest BCUT2D eigenvalue weighted by atomic mass is 9.65. The van der Waals surface area contributed by atoms with Crippen LogP contribution < -0.4 is 0 Å². The lowest BCUT2D eigenvalue weighted by Gasteiger charge is -2.60. The molecule has 0 bridgehead atoms. The third-order valence-electron chi connectivity index (χ3n) is 5.16. The largest absolute Gasteiger partial charge is 0.467 e. The smallest absolute Gasteiger partial charge is 0.247 e. The maximum atomic E-state index is 10.7. The van der Waals surface area contributed by atoms with Gasteiger partial charge in [-0.15, -0.1) is 0 Å². The molecule has 1 fully saturated rings. The molecule has 1 N–H and O–H groups in total. The van der Waals surface area contributed by atoms with E-state index in [4.69, 9.17) is 9.47 Å². The number of benzene rings is 2. The third-order valence-corrected chi connectivity index (χ3v) is 5.16. The number of rotatable bonds is 4. The predicted octanol–water partition coefficient (Wildman–Crippen LogP) is 3.83. The zero-order valence-corrected chi connectivity index (χ0v) is 13.9. The normalized spacial score (nSPS) is 28.1. The molecule has 2 aromatic rings. The van der Waals surface area contributed by atoms with Crippen LogP contribution in [0.4, 0.5) is 0 Å². The topological polar surface area (TPSA) is 38.7 Å². The molecule has 2 aliphatic heterocycles. The average Bonchev–Trinajstić information content (AvgIpc) is 2.95. The molecule has 2 aliphatic rings. The highest BCUT2D eigenvalue weighted by atomic mass is 16.7. The van der Waals surface area contributed by atoms with E-state index in [1.807, 2.05) is 56.3 Å². The molecule has 0 radical (unpaired) electrons. The summed E-state index contributed by atoms with van der Waals surface area (Å²) >= 11 is 0. The molecule has 3 heteroatoms. The Labute approximate surface area is 142 Å². The fraction of sp³-hybridized carbons (Fsp3) is 0.333. The molecular weight excluding hydrogens is 300 g/mol. The van der Waals surface area contributed by atoms with Crippen molar-refractivity contribution in [2.45, 2.75) is 31.3 Å². The van der Waals surface area contributed by atoms with Crippen LogP contribution in [0.15, 0.2) is 73.0 Å². The van der Waals surface area contributed by atoms with Gasteiger partial charge < -0.3 is 14.6 Å². The van der Waals surface area contributed by atoms with Crippen LogP contribution in [0.3, 0.4) is 0 Å². The van der Waals surface area contributed by atoms with Gasteiger partial charge >= 0.3 is 0 Å². The molecule has 124 valence electrons. The zero-order chi connectivity index (χ0) is 16.8. The molecule has 0 saturated carbocycles. The molecule has 4 rings (SSSR count). The summed E-state index contributed by atoms with van der Waals surface area (Å²) in [6.07, 6.45) is 3.00. The Hall–Kier alpha value is -2.10. The van der Waals surface area contributed by atoms with Crippen LogP contribution in [-0.2, 0) is 15.1 Å². The highest BCUT2D eigenvalue weighted by molar-refractivity contribution is 5.44. The summed E-state index contributed by atoms with van der Waals surface area (Å²) in [5.74, 6) is -1.04. The molecule has 24 heavy (non-hydrogen) atoms.